The van der Waals surface area contributed by atoms with Crippen LogP contribution in [-0.2, 0) is 9.47 Å². The number of thiophene rings is 2. The number of nitrogens with one attached hydrogen (secondary N) is 2. The molecule has 3 heterocycles. The Labute approximate surface area is 289 Å². The van der Waals surface area contributed by atoms with E-state index in [0.29, 0.717) is 11.1 Å². The molecular formula is C33H25Br2N3O6S2. The van der Waals surface area contributed by atoms with Crippen LogP contribution in [-0.4, -0.2) is 42.0 Å². The Morgan fingerprint density at radius 2 is 1.04 bits per heavy atom. The van der Waals surface area contributed by atoms with Crippen LogP contribution in [0.3, 0.4) is 0 Å². The lowest BCUT2D eigenvalue weighted by Gasteiger charge is -2.10. The number of carbonyl (C=O) groups excluding carboxylic acids is 4. The fraction of sp³-hybridized carbons (Fsp3) is 0.121. The van der Waals surface area contributed by atoms with Crippen molar-refractivity contribution >= 4 is 88.3 Å². The van der Waals surface area contributed by atoms with E-state index in [1.807, 2.05) is 48.5 Å². The second-order valence-electron chi connectivity index (χ2n) is 9.48. The summed E-state index contributed by atoms with van der Waals surface area (Å²) in [6.07, 6.45) is 0. The molecule has 0 atom stereocenters. The molecule has 0 radical (unpaired) electrons. The summed E-state index contributed by atoms with van der Waals surface area (Å²) in [5, 5.41) is 9.64. The van der Waals surface area contributed by atoms with Crippen LogP contribution in [0.4, 0.5) is 10.0 Å². The van der Waals surface area contributed by atoms with E-state index in [-0.39, 0.29) is 45.7 Å². The molecule has 0 fully saturated rings. The highest BCUT2D eigenvalue weighted by Crippen LogP contribution is 2.38. The number of amides is 2. The van der Waals surface area contributed by atoms with Crippen molar-refractivity contribution in [1.82, 2.24) is 4.98 Å². The van der Waals surface area contributed by atoms with E-state index in [4.69, 9.17) is 9.47 Å². The van der Waals surface area contributed by atoms with E-state index in [0.717, 1.165) is 20.1 Å². The van der Waals surface area contributed by atoms with Gasteiger partial charge in [-0.2, -0.15) is 0 Å². The van der Waals surface area contributed by atoms with Crippen LogP contribution in [0.25, 0.3) is 22.3 Å². The van der Waals surface area contributed by atoms with E-state index in [1.54, 1.807) is 24.6 Å². The van der Waals surface area contributed by atoms with Gasteiger partial charge in [0.1, 0.15) is 32.5 Å². The third-order valence-corrected chi connectivity index (χ3v) is 9.37. The third-order valence-electron chi connectivity index (χ3n) is 6.52. The Morgan fingerprint density at radius 3 is 1.41 bits per heavy atom. The molecule has 0 unspecified atom stereocenters. The van der Waals surface area contributed by atoms with Crippen LogP contribution in [0.5, 0.6) is 0 Å². The first-order valence-electron chi connectivity index (χ1n) is 13.9. The van der Waals surface area contributed by atoms with Crippen molar-refractivity contribution in [3.05, 3.63) is 109 Å². The smallest absolute Gasteiger partial charge is 0.341 e. The standard InChI is InChI=1S/C33H25Br2N3O6S2/c1-3-43-32(41)26-22(18-8-12-20(34)13-9-18)16-45-30(26)37-28(39)24-6-5-7-25(36-24)29(40)38-31-27(33(42)44-4-2)23(17-46-31)19-10-14-21(35)15-11-19/h5-17H,3-4H2,1-2H3,(H,37,39)(H,38,40). The zero-order valence-corrected chi connectivity index (χ0v) is 29.2. The molecule has 46 heavy (non-hydrogen) atoms. The van der Waals surface area contributed by atoms with Crippen molar-refractivity contribution in [3.8, 4) is 22.3 Å². The molecule has 3 aromatic heterocycles. The van der Waals surface area contributed by atoms with Gasteiger partial charge in [-0.3, -0.25) is 9.59 Å². The predicted molar refractivity (Wildman–Crippen MR) is 187 cm³/mol. The lowest BCUT2D eigenvalue weighted by atomic mass is 10.0. The Morgan fingerprint density at radius 1 is 0.652 bits per heavy atom. The highest BCUT2D eigenvalue weighted by Gasteiger charge is 2.26. The molecule has 2 amide bonds. The molecule has 0 saturated carbocycles. The lowest BCUT2D eigenvalue weighted by Crippen LogP contribution is -2.20. The number of hydrogen-bond acceptors (Lipinski definition) is 9. The Balaban J connectivity index is 1.40. The Bertz CT molecular complexity index is 1790. The van der Waals surface area contributed by atoms with Gasteiger partial charge in [-0.15, -0.1) is 22.7 Å². The summed E-state index contributed by atoms with van der Waals surface area (Å²) in [6.45, 7) is 3.73. The first-order valence-corrected chi connectivity index (χ1v) is 17.2. The van der Waals surface area contributed by atoms with Gasteiger partial charge < -0.3 is 20.1 Å². The van der Waals surface area contributed by atoms with Crippen molar-refractivity contribution in [3.63, 3.8) is 0 Å². The summed E-state index contributed by atoms with van der Waals surface area (Å²) in [5.41, 5.74) is 3.13. The molecule has 5 rings (SSSR count). The molecule has 13 heteroatoms. The summed E-state index contributed by atoms with van der Waals surface area (Å²) in [6, 6.07) is 19.3. The molecule has 0 bridgehead atoms. The second kappa shape index (κ2) is 14.9. The highest BCUT2D eigenvalue weighted by atomic mass is 79.9. The number of carbonyl (C=O) groups is 4. The summed E-state index contributed by atoms with van der Waals surface area (Å²) >= 11 is 9.18. The largest absolute Gasteiger partial charge is 0.462 e. The maximum atomic E-state index is 13.4. The quantitative estimate of drug-likeness (QED) is 0.136. The van der Waals surface area contributed by atoms with Crippen molar-refractivity contribution in [1.29, 1.82) is 0 Å². The number of nitrogens with zero attached hydrogens (tertiary/aromatic N) is 1. The minimum Gasteiger partial charge on any atom is -0.462 e. The number of hydrogen-bond donors (Lipinski definition) is 2. The van der Waals surface area contributed by atoms with Gasteiger partial charge in [-0.05, 0) is 61.4 Å². The number of pyridine rings is 1. The molecule has 0 aliphatic carbocycles. The zero-order chi connectivity index (χ0) is 32.8. The summed E-state index contributed by atoms with van der Waals surface area (Å²) in [5.74, 6) is -2.39. The Kier molecular flexibility index (Phi) is 10.8. The highest BCUT2D eigenvalue weighted by molar-refractivity contribution is 9.10. The van der Waals surface area contributed by atoms with Gasteiger partial charge in [0.25, 0.3) is 11.8 Å². The van der Waals surface area contributed by atoms with E-state index < -0.39 is 23.8 Å². The average molecular weight is 784 g/mol. The zero-order valence-electron chi connectivity index (χ0n) is 24.4. The maximum Gasteiger partial charge on any atom is 0.341 e. The summed E-state index contributed by atoms with van der Waals surface area (Å²) < 4.78 is 12.3. The van der Waals surface area contributed by atoms with Gasteiger partial charge in [0.05, 0.1) is 13.2 Å². The average Bonchev–Trinajstić information content (AvgIpc) is 3.66. The minimum absolute atomic E-state index is 0.0478. The van der Waals surface area contributed by atoms with E-state index in [1.165, 1.54) is 40.9 Å². The summed E-state index contributed by atoms with van der Waals surface area (Å²) in [4.78, 5) is 56.9. The van der Waals surface area contributed by atoms with Crippen molar-refractivity contribution < 1.29 is 28.7 Å². The van der Waals surface area contributed by atoms with Crippen LogP contribution in [0, 0.1) is 0 Å². The molecular weight excluding hydrogens is 758 g/mol. The number of ether oxygens (including phenoxy) is 2. The number of benzene rings is 2. The number of esters is 2. The molecule has 2 N–H and O–H groups in total. The topological polar surface area (TPSA) is 124 Å². The van der Waals surface area contributed by atoms with Crippen LogP contribution >= 0.6 is 54.5 Å². The number of halogens is 2. The molecule has 0 saturated heterocycles. The molecule has 0 aliphatic rings. The maximum absolute atomic E-state index is 13.4. The molecule has 0 spiro atoms. The predicted octanol–water partition coefficient (Wildman–Crippen LogP) is 8.92. The number of anilines is 2. The van der Waals surface area contributed by atoms with Gasteiger partial charge in [0.2, 0.25) is 0 Å². The van der Waals surface area contributed by atoms with Crippen molar-refractivity contribution in [2.24, 2.45) is 0 Å². The fourth-order valence-corrected chi connectivity index (χ4v) is 6.85. The molecule has 5 aromatic rings. The van der Waals surface area contributed by atoms with E-state index in [9.17, 15) is 19.2 Å². The molecule has 9 nitrogen and oxygen atoms in total. The van der Waals surface area contributed by atoms with Gasteiger partial charge in [-0.1, -0.05) is 62.2 Å². The number of rotatable bonds is 10. The molecule has 2 aromatic carbocycles. The Hall–Kier alpha value is -4.17. The number of aromatic nitrogens is 1. The van der Waals surface area contributed by atoms with Crippen molar-refractivity contribution in [2.45, 2.75) is 13.8 Å². The summed E-state index contributed by atoms with van der Waals surface area (Å²) in [7, 11) is 0. The SMILES string of the molecule is CCOC(=O)c1c(-c2ccc(Br)cc2)csc1NC(=O)c1cccc(C(=O)Nc2scc(-c3ccc(Br)cc3)c2C(=O)OCC)n1. The van der Waals surface area contributed by atoms with E-state index >= 15 is 0 Å². The van der Waals surface area contributed by atoms with Crippen LogP contribution in [0.2, 0.25) is 0 Å². The van der Waals surface area contributed by atoms with Crippen molar-refractivity contribution in [2.75, 3.05) is 23.8 Å². The first-order chi connectivity index (χ1) is 22.2. The van der Waals surface area contributed by atoms with Gasteiger partial charge in [-0.25, -0.2) is 14.6 Å². The second-order valence-corrected chi connectivity index (χ2v) is 13.1. The minimum atomic E-state index is -0.620. The van der Waals surface area contributed by atoms with Gasteiger partial charge in [0.15, 0.2) is 0 Å². The van der Waals surface area contributed by atoms with Gasteiger partial charge >= 0.3 is 11.9 Å². The van der Waals surface area contributed by atoms with Crippen LogP contribution < -0.4 is 10.6 Å². The van der Waals surface area contributed by atoms with Gasteiger partial charge in [0, 0.05) is 30.8 Å². The normalized spacial score (nSPS) is 10.7. The van der Waals surface area contributed by atoms with Crippen LogP contribution in [0.1, 0.15) is 55.5 Å². The van der Waals surface area contributed by atoms with Crippen LogP contribution in [0.15, 0.2) is 86.4 Å². The third kappa shape index (κ3) is 7.44. The monoisotopic (exact) mass is 781 g/mol. The van der Waals surface area contributed by atoms with E-state index in [2.05, 4.69) is 47.5 Å². The molecule has 0 aliphatic heterocycles. The first kappa shape index (κ1) is 33.2. The molecule has 234 valence electrons. The lowest BCUT2D eigenvalue weighted by molar-refractivity contribution is 0.0519. The fourth-order valence-electron chi connectivity index (χ4n) is 4.42.